The zero-order valence-corrected chi connectivity index (χ0v) is 10.5. The molecule has 18 heavy (non-hydrogen) atoms. The van der Waals surface area contributed by atoms with Crippen LogP contribution < -0.4 is 5.32 Å². The van der Waals surface area contributed by atoms with Gasteiger partial charge in [0.2, 0.25) is 0 Å². The summed E-state index contributed by atoms with van der Waals surface area (Å²) in [5.41, 5.74) is 1.01. The fourth-order valence-electron chi connectivity index (χ4n) is 1.69. The third kappa shape index (κ3) is 3.11. The summed E-state index contributed by atoms with van der Waals surface area (Å²) in [5, 5.41) is 3.20. The first kappa shape index (κ1) is 12.6. The molecule has 2 rings (SSSR count). The van der Waals surface area contributed by atoms with Crippen LogP contribution in [0.3, 0.4) is 0 Å². The molecule has 5 heteroatoms. The van der Waals surface area contributed by atoms with Crippen molar-refractivity contribution in [2.45, 2.75) is 0 Å². The number of halogens is 1. The van der Waals surface area contributed by atoms with Gasteiger partial charge in [0.25, 0.3) is 0 Å². The fourth-order valence-corrected chi connectivity index (χ4v) is 1.82. The molecule has 1 saturated heterocycles. The van der Waals surface area contributed by atoms with Gasteiger partial charge in [-0.05, 0) is 17.7 Å². The number of amides is 2. The second-order valence-corrected chi connectivity index (χ2v) is 4.40. The lowest BCUT2D eigenvalue weighted by Crippen LogP contribution is -2.52. The van der Waals surface area contributed by atoms with Gasteiger partial charge in [0.05, 0.1) is 0 Å². The number of carbonyl (C=O) groups excluding carboxylic acids is 2. The smallest absolute Gasteiger partial charge is 0.312 e. The Morgan fingerprint density at radius 3 is 2.72 bits per heavy atom. The van der Waals surface area contributed by atoms with Crippen LogP contribution in [0.25, 0.3) is 6.08 Å². The zero-order chi connectivity index (χ0) is 13.0. The summed E-state index contributed by atoms with van der Waals surface area (Å²) in [4.78, 5) is 24.1. The van der Waals surface area contributed by atoms with Gasteiger partial charge >= 0.3 is 11.8 Å². The van der Waals surface area contributed by atoms with Crippen LogP contribution in [0.2, 0.25) is 5.02 Å². The molecule has 1 fully saturated rings. The Labute approximate surface area is 110 Å². The quantitative estimate of drug-likeness (QED) is 0.837. The van der Waals surface area contributed by atoms with E-state index in [0.29, 0.717) is 24.7 Å². The lowest BCUT2D eigenvalue weighted by molar-refractivity contribution is -0.147. The lowest BCUT2D eigenvalue weighted by Gasteiger charge is -2.24. The maximum absolute atomic E-state index is 11.5. The highest BCUT2D eigenvalue weighted by atomic mass is 35.5. The summed E-state index contributed by atoms with van der Waals surface area (Å²) < 4.78 is 0. The molecule has 1 aliphatic rings. The van der Waals surface area contributed by atoms with E-state index < -0.39 is 11.8 Å². The van der Waals surface area contributed by atoms with E-state index in [1.165, 1.54) is 4.90 Å². The highest BCUT2D eigenvalue weighted by molar-refractivity contribution is 6.35. The maximum atomic E-state index is 11.5. The monoisotopic (exact) mass is 264 g/mol. The number of nitrogens with one attached hydrogen (secondary N) is 1. The molecule has 1 N–H and O–H groups in total. The van der Waals surface area contributed by atoms with Crippen LogP contribution in [0.5, 0.6) is 0 Å². The number of nitrogens with zero attached hydrogens (tertiary/aromatic N) is 1. The highest BCUT2D eigenvalue weighted by Crippen LogP contribution is 2.10. The van der Waals surface area contributed by atoms with Crippen LogP contribution >= 0.6 is 11.6 Å². The second-order valence-electron chi connectivity index (χ2n) is 3.96. The first-order chi connectivity index (χ1) is 8.66. The first-order valence-corrected chi connectivity index (χ1v) is 6.04. The van der Waals surface area contributed by atoms with Crippen LogP contribution in [-0.2, 0) is 9.59 Å². The van der Waals surface area contributed by atoms with E-state index in [4.69, 9.17) is 11.6 Å². The van der Waals surface area contributed by atoms with Gasteiger partial charge in [-0.1, -0.05) is 35.9 Å². The SMILES string of the molecule is O=C1NCCN(CC=Cc2ccc(Cl)cc2)C1=O. The Kier molecular flexibility index (Phi) is 3.99. The number of piperazine rings is 1. The van der Waals surface area contributed by atoms with E-state index in [9.17, 15) is 9.59 Å². The van der Waals surface area contributed by atoms with Crippen LogP contribution in [0, 0.1) is 0 Å². The molecule has 1 aromatic rings. The summed E-state index contributed by atoms with van der Waals surface area (Å²) in [6.07, 6.45) is 3.76. The molecule has 0 radical (unpaired) electrons. The number of hydrogen-bond donors (Lipinski definition) is 1. The topological polar surface area (TPSA) is 49.4 Å². The highest BCUT2D eigenvalue weighted by Gasteiger charge is 2.24. The number of hydrogen-bond acceptors (Lipinski definition) is 2. The van der Waals surface area contributed by atoms with Gasteiger partial charge in [0.1, 0.15) is 0 Å². The predicted molar refractivity (Wildman–Crippen MR) is 70.1 cm³/mol. The lowest BCUT2D eigenvalue weighted by atomic mass is 10.2. The van der Waals surface area contributed by atoms with E-state index >= 15 is 0 Å². The van der Waals surface area contributed by atoms with Crippen LogP contribution in [0.1, 0.15) is 5.56 Å². The van der Waals surface area contributed by atoms with Crippen molar-refractivity contribution in [2.24, 2.45) is 0 Å². The van der Waals surface area contributed by atoms with Gasteiger partial charge < -0.3 is 10.2 Å². The van der Waals surface area contributed by atoms with Crippen molar-refractivity contribution in [3.05, 3.63) is 40.9 Å². The van der Waals surface area contributed by atoms with Crippen molar-refractivity contribution >= 4 is 29.5 Å². The molecule has 2 amide bonds. The minimum absolute atomic E-state index is 0.439. The van der Waals surface area contributed by atoms with Gasteiger partial charge in [-0.2, -0.15) is 0 Å². The molecule has 94 valence electrons. The van der Waals surface area contributed by atoms with Gasteiger partial charge in [-0.3, -0.25) is 9.59 Å². The molecule has 1 heterocycles. The summed E-state index contributed by atoms with van der Waals surface area (Å²) in [6, 6.07) is 7.40. The summed E-state index contributed by atoms with van der Waals surface area (Å²) in [5.74, 6) is -0.997. The van der Waals surface area contributed by atoms with Crippen LogP contribution in [-0.4, -0.2) is 36.3 Å². The maximum Gasteiger partial charge on any atom is 0.312 e. The fraction of sp³-hybridized carbons (Fsp3) is 0.231. The van der Waals surface area contributed by atoms with E-state index in [1.54, 1.807) is 12.1 Å². The Balaban J connectivity index is 1.92. The first-order valence-electron chi connectivity index (χ1n) is 5.66. The molecule has 0 aliphatic carbocycles. The third-order valence-corrected chi connectivity index (χ3v) is 2.91. The van der Waals surface area contributed by atoms with E-state index in [0.717, 1.165) is 5.56 Å². The largest absolute Gasteiger partial charge is 0.346 e. The minimum Gasteiger partial charge on any atom is -0.346 e. The van der Waals surface area contributed by atoms with Crippen molar-refractivity contribution in [3.63, 3.8) is 0 Å². The van der Waals surface area contributed by atoms with Gasteiger partial charge in [-0.25, -0.2) is 0 Å². The summed E-state index contributed by atoms with van der Waals surface area (Å²) in [7, 11) is 0. The van der Waals surface area contributed by atoms with Gasteiger partial charge in [-0.15, -0.1) is 0 Å². The molecule has 1 aliphatic heterocycles. The van der Waals surface area contributed by atoms with Crippen molar-refractivity contribution in [1.82, 2.24) is 10.2 Å². The number of carbonyl (C=O) groups is 2. The van der Waals surface area contributed by atoms with Crippen LogP contribution in [0.4, 0.5) is 0 Å². The average Bonchev–Trinajstić information content (AvgIpc) is 2.37. The molecule has 0 saturated carbocycles. The van der Waals surface area contributed by atoms with E-state index in [-0.39, 0.29) is 0 Å². The Morgan fingerprint density at radius 2 is 2.00 bits per heavy atom. The molecule has 0 unspecified atom stereocenters. The van der Waals surface area contributed by atoms with Crippen molar-refractivity contribution < 1.29 is 9.59 Å². The average molecular weight is 265 g/mol. The minimum atomic E-state index is -0.527. The van der Waals surface area contributed by atoms with Crippen molar-refractivity contribution in [3.8, 4) is 0 Å². The van der Waals surface area contributed by atoms with Crippen molar-refractivity contribution in [2.75, 3.05) is 19.6 Å². The number of rotatable bonds is 3. The molecular formula is C13H13ClN2O2. The summed E-state index contributed by atoms with van der Waals surface area (Å²) >= 11 is 5.78. The predicted octanol–water partition coefficient (Wildman–Crippen LogP) is 1.31. The van der Waals surface area contributed by atoms with E-state index in [2.05, 4.69) is 5.32 Å². The molecule has 4 nitrogen and oxygen atoms in total. The Bertz CT molecular complexity index is 482. The van der Waals surface area contributed by atoms with Crippen LogP contribution in [0.15, 0.2) is 30.3 Å². The molecule has 0 bridgehead atoms. The molecule has 1 aromatic carbocycles. The van der Waals surface area contributed by atoms with Crippen molar-refractivity contribution in [1.29, 1.82) is 0 Å². The second kappa shape index (κ2) is 5.69. The van der Waals surface area contributed by atoms with Gasteiger partial charge in [0, 0.05) is 24.7 Å². The molecule has 0 spiro atoms. The molecule has 0 atom stereocenters. The Morgan fingerprint density at radius 1 is 1.28 bits per heavy atom. The Hall–Kier alpha value is -1.81. The normalized spacial score (nSPS) is 16.2. The number of benzene rings is 1. The molecule has 0 aromatic heterocycles. The zero-order valence-electron chi connectivity index (χ0n) is 9.73. The molecular weight excluding hydrogens is 252 g/mol. The van der Waals surface area contributed by atoms with E-state index in [1.807, 2.05) is 24.3 Å². The van der Waals surface area contributed by atoms with Gasteiger partial charge in [0.15, 0.2) is 0 Å². The summed E-state index contributed by atoms with van der Waals surface area (Å²) in [6.45, 7) is 1.50. The third-order valence-electron chi connectivity index (χ3n) is 2.65. The standard InChI is InChI=1S/C13H13ClN2O2/c14-11-5-3-10(4-6-11)2-1-8-16-9-7-15-12(17)13(16)18/h1-6H,7-9H2,(H,15,17).